The summed E-state index contributed by atoms with van der Waals surface area (Å²) < 4.78 is 3.45. The van der Waals surface area contributed by atoms with Crippen LogP contribution in [0.5, 0.6) is 0 Å². The van der Waals surface area contributed by atoms with Crippen molar-refractivity contribution in [2.45, 2.75) is 47.5 Å². The molecular formula is C25H31N3O2. The number of hydrogen-bond acceptors (Lipinski definition) is 3. The number of hydrogen-bond donors (Lipinski definition) is 0. The van der Waals surface area contributed by atoms with Gasteiger partial charge in [0, 0.05) is 18.2 Å². The Kier molecular flexibility index (Phi) is 6.40. The topological polar surface area (TPSA) is 56.4 Å². The molecule has 2 atom stereocenters. The first kappa shape index (κ1) is 21.8. The average Bonchev–Trinajstić information content (AvgIpc) is 2.97. The minimum absolute atomic E-state index is 0.115. The number of rotatable bonds is 6. The third kappa shape index (κ3) is 3.89. The van der Waals surface area contributed by atoms with Crippen LogP contribution in [0.25, 0.3) is 5.69 Å². The van der Waals surface area contributed by atoms with Gasteiger partial charge >= 0.3 is 0 Å². The molecule has 0 aliphatic heterocycles. The number of ketones is 1. The van der Waals surface area contributed by atoms with Crippen molar-refractivity contribution < 1.29 is 4.79 Å². The minimum Gasteiger partial charge on any atom is -0.289 e. The SMILES string of the molecule is CC[C@H](C)C1=CC(=Nc2c(C)n(C)n(-c3ccccc3)c2=O)C=C([C@@H](C)CC)C1=O. The lowest BCUT2D eigenvalue weighted by molar-refractivity contribution is -0.113. The van der Waals surface area contributed by atoms with E-state index in [1.165, 1.54) is 0 Å². The van der Waals surface area contributed by atoms with E-state index in [0.29, 0.717) is 11.4 Å². The molecule has 5 nitrogen and oxygen atoms in total. The summed E-state index contributed by atoms with van der Waals surface area (Å²) in [5.74, 6) is 0.408. The molecule has 1 aromatic carbocycles. The first-order chi connectivity index (χ1) is 14.3. The molecule has 158 valence electrons. The predicted octanol–water partition coefficient (Wildman–Crippen LogP) is 5.08. The van der Waals surface area contributed by atoms with Crippen molar-refractivity contribution in [1.82, 2.24) is 9.36 Å². The van der Waals surface area contributed by atoms with Crippen LogP contribution in [0.1, 0.15) is 46.2 Å². The van der Waals surface area contributed by atoms with Crippen LogP contribution >= 0.6 is 0 Å². The van der Waals surface area contributed by atoms with Gasteiger partial charge in [0.2, 0.25) is 0 Å². The highest BCUT2D eigenvalue weighted by molar-refractivity contribution is 6.22. The molecular weight excluding hydrogens is 374 g/mol. The van der Waals surface area contributed by atoms with Gasteiger partial charge in [-0.1, -0.05) is 45.9 Å². The van der Waals surface area contributed by atoms with E-state index in [-0.39, 0.29) is 23.2 Å². The summed E-state index contributed by atoms with van der Waals surface area (Å²) in [6.07, 6.45) is 5.48. The van der Waals surface area contributed by atoms with Crippen molar-refractivity contribution in [3.05, 3.63) is 69.7 Å². The van der Waals surface area contributed by atoms with E-state index in [0.717, 1.165) is 35.4 Å². The summed E-state index contributed by atoms with van der Waals surface area (Å²) in [5, 5.41) is 0. The maximum Gasteiger partial charge on any atom is 0.297 e. The van der Waals surface area contributed by atoms with Crippen molar-refractivity contribution in [3.63, 3.8) is 0 Å². The summed E-state index contributed by atoms with van der Waals surface area (Å²) in [6, 6.07) is 9.54. The van der Waals surface area contributed by atoms with Crippen LogP contribution in [0.3, 0.4) is 0 Å². The highest BCUT2D eigenvalue weighted by Crippen LogP contribution is 2.29. The molecule has 0 amide bonds. The van der Waals surface area contributed by atoms with Gasteiger partial charge in [0.15, 0.2) is 11.5 Å². The third-order valence-corrected chi connectivity index (χ3v) is 6.18. The Balaban J connectivity index is 2.18. The molecule has 3 rings (SSSR count). The number of nitrogens with zero attached hydrogens (tertiary/aromatic N) is 3. The molecule has 0 unspecified atom stereocenters. The van der Waals surface area contributed by atoms with Crippen molar-refractivity contribution in [2.75, 3.05) is 0 Å². The largest absolute Gasteiger partial charge is 0.297 e. The van der Waals surface area contributed by atoms with Gasteiger partial charge in [0.25, 0.3) is 5.56 Å². The van der Waals surface area contributed by atoms with Crippen molar-refractivity contribution in [2.24, 2.45) is 23.9 Å². The van der Waals surface area contributed by atoms with Crippen LogP contribution in [0.4, 0.5) is 5.69 Å². The van der Waals surface area contributed by atoms with Gasteiger partial charge in [0.1, 0.15) is 0 Å². The fourth-order valence-corrected chi connectivity index (χ4v) is 3.71. The molecule has 0 N–H and O–H groups in total. The minimum atomic E-state index is -0.164. The molecule has 2 aromatic rings. The molecule has 1 aliphatic carbocycles. The highest BCUT2D eigenvalue weighted by Gasteiger charge is 2.27. The second-order valence-electron chi connectivity index (χ2n) is 8.09. The van der Waals surface area contributed by atoms with E-state index >= 15 is 0 Å². The number of carbonyl (C=O) groups is 1. The number of Topliss-reactive ketones (excluding diaryl/α,β-unsaturated/α-hetero) is 1. The molecule has 0 saturated heterocycles. The number of aliphatic imine (C=N–C) groups is 1. The fraction of sp³-hybridized carbons (Fsp3) is 0.400. The maximum atomic E-state index is 13.2. The molecule has 1 heterocycles. The van der Waals surface area contributed by atoms with Crippen molar-refractivity contribution in [3.8, 4) is 5.69 Å². The Morgan fingerprint density at radius 3 is 1.97 bits per heavy atom. The van der Waals surface area contributed by atoms with Crippen LogP contribution in [-0.4, -0.2) is 20.9 Å². The van der Waals surface area contributed by atoms with E-state index in [1.54, 1.807) is 4.68 Å². The second kappa shape index (κ2) is 8.82. The van der Waals surface area contributed by atoms with E-state index in [2.05, 4.69) is 27.7 Å². The van der Waals surface area contributed by atoms with Gasteiger partial charge in [-0.3, -0.25) is 14.3 Å². The highest BCUT2D eigenvalue weighted by atomic mass is 16.1. The normalized spacial score (nSPS) is 16.2. The molecule has 0 spiro atoms. The lowest BCUT2D eigenvalue weighted by Gasteiger charge is -2.22. The van der Waals surface area contributed by atoms with E-state index in [1.807, 2.05) is 61.1 Å². The zero-order chi connectivity index (χ0) is 22.0. The summed E-state index contributed by atoms with van der Waals surface area (Å²) in [6.45, 7) is 10.2. The number of allylic oxidation sites excluding steroid dienone is 4. The van der Waals surface area contributed by atoms with Gasteiger partial charge in [-0.05, 0) is 55.9 Å². The van der Waals surface area contributed by atoms with Crippen molar-refractivity contribution in [1.29, 1.82) is 0 Å². The van der Waals surface area contributed by atoms with Gasteiger partial charge in [0.05, 0.1) is 17.1 Å². The third-order valence-electron chi connectivity index (χ3n) is 6.18. The average molecular weight is 406 g/mol. The van der Waals surface area contributed by atoms with Gasteiger partial charge in [-0.15, -0.1) is 0 Å². The predicted molar refractivity (Wildman–Crippen MR) is 123 cm³/mol. The van der Waals surface area contributed by atoms with Crippen LogP contribution in [0.15, 0.2) is 63.4 Å². The number of carbonyl (C=O) groups excluding carboxylic acids is 1. The summed E-state index contributed by atoms with van der Waals surface area (Å²) >= 11 is 0. The van der Waals surface area contributed by atoms with E-state index < -0.39 is 0 Å². The van der Waals surface area contributed by atoms with Crippen LogP contribution in [0, 0.1) is 18.8 Å². The number of aromatic nitrogens is 2. The second-order valence-corrected chi connectivity index (χ2v) is 8.09. The Labute approximate surface area is 178 Å². The van der Waals surface area contributed by atoms with Crippen LogP contribution in [0.2, 0.25) is 0 Å². The molecule has 0 radical (unpaired) electrons. The summed E-state index contributed by atoms with van der Waals surface area (Å²) in [7, 11) is 1.86. The molecule has 1 aliphatic rings. The van der Waals surface area contributed by atoms with Gasteiger partial charge < -0.3 is 0 Å². The molecule has 0 bridgehead atoms. The summed E-state index contributed by atoms with van der Waals surface area (Å²) in [5.41, 5.74) is 4.06. The van der Waals surface area contributed by atoms with Crippen LogP contribution in [-0.2, 0) is 11.8 Å². The van der Waals surface area contributed by atoms with Gasteiger partial charge in [-0.25, -0.2) is 9.67 Å². The standard InChI is InChI=1S/C25H31N3O2/c1-7-16(3)21-14-19(15-22(24(21)29)17(4)8-2)26-23-18(5)27(6)28(25(23)30)20-12-10-9-11-13-20/h9-17H,7-8H2,1-6H3/t16-,17-/m0/s1. The molecule has 5 heteroatoms. The number of para-hydroxylation sites is 1. The van der Waals surface area contributed by atoms with Crippen molar-refractivity contribution >= 4 is 17.2 Å². The van der Waals surface area contributed by atoms with Crippen LogP contribution < -0.4 is 5.56 Å². The van der Waals surface area contributed by atoms with E-state index in [4.69, 9.17) is 4.99 Å². The summed E-state index contributed by atoms with van der Waals surface area (Å²) in [4.78, 5) is 31.0. The molecule has 0 fully saturated rings. The fourth-order valence-electron chi connectivity index (χ4n) is 3.71. The first-order valence-corrected chi connectivity index (χ1v) is 10.7. The lowest BCUT2D eigenvalue weighted by Crippen LogP contribution is -2.22. The Morgan fingerprint density at radius 1 is 0.933 bits per heavy atom. The van der Waals surface area contributed by atoms with E-state index in [9.17, 15) is 9.59 Å². The zero-order valence-electron chi connectivity index (χ0n) is 18.8. The monoisotopic (exact) mass is 405 g/mol. The number of benzene rings is 1. The lowest BCUT2D eigenvalue weighted by atomic mass is 9.81. The Morgan fingerprint density at radius 2 is 1.47 bits per heavy atom. The quantitative estimate of drug-likeness (QED) is 0.629. The molecule has 0 saturated carbocycles. The maximum absolute atomic E-state index is 13.2. The smallest absolute Gasteiger partial charge is 0.289 e. The zero-order valence-corrected chi connectivity index (χ0v) is 18.8. The van der Waals surface area contributed by atoms with Gasteiger partial charge in [-0.2, -0.15) is 0 Å². The molecule has 30 heavy (non-hydrogen) atoms. The Hall–Kier alpha value is -2.95. The Bertz CT molecular complexity index is 1070. The first-order valence-electron chi connectivity index (χ1n) is 10.7. The molecule has 1 aromatic heterocycles.